The minimum Gasteiger partial charge on any atom is -0.351 e. The molecule has 3 N–H and O–H groups in total. The summed E-state index contributed by atoms with van der Waals surface area (Å²) in [6, 6.07) is 8.70. The molecule has 1 amide bonds. The Hall–Kier alpha value is -1.39. The standard InChI is InChI=1S/C20H33N3O/c1-3-9-19(21)20(24)22-14-16-10-7-8-11-17(16)15-23(2)18-12-5-4-6-13-18/h7-8,10-11,18-19H,3-6,9,12-15,21H2,1-2H3,(H,22,24). The van der Waals surface area contributed by atoms with Gasteiger partial charge in [0.15, 0.2) is 0 Å². The molecule has 0 aromatic heterocycles. The van der Waals surface area contributed by atoms with Gasteiger partial charge < -0.3 is 11.1 Å². The SMILES string of the molecule is CCCC(N)C(=O)NCc1ccccc1CN(C)C1CCCCC1. The highest BCUT2D eigenvalue weighted by Crippen LogP contribution is 2.23. The molecule has 0 bridgehead atoms. The van der Waals surface area contributed by atoms with E-state index >= 15 is 0 Å². The summed E-state index contributed by atoms with van der Waals surface area (Å²) in [5.74, 6) is -0.0488. The molecule has 1 fully saturated rings. The van der Waals surface area contributed by atoms with Crippen molar-refractivity contribution in [2.75, 3.05) is 7.05 Å². The monoisotopic (exact) mass is 331 g/mol. The third kappa shape index (κ3) is 5.60. The van der Waals surface area contributed by atoms with Crippen LogP contribution in [-0.2, 0) is 17.9 Å². The van der Waals surface area contributed by atoms with Gasteiger partial charge in [0.05, 0.1) is 6.04 Å². The first kappa shape index (κ1) is 18.9. The van der Waals surface area contributed by atoms with E-state index in [2.05, 4.69) is 35.5 Å². The Labute approximate surface area is 146 Å². The molecule has 1 unspecified atom stereocenters. The number of rotatable bonds is 8. The molecule has 0 saturated heterocycles. The quantitative estimate of drug-likeness (QED) is 0.769. The van der Waals surface area contributed by atoms with Gasteiger partial charge in [-0.15, -0.1) is 0 Å². The lowest BCUT2D eigenvalue weighted by Crippen LogP contribution is -2.40. The summed E-state index contributed by atoms with van der Waals surface area (Å²) in [5.41, 5.74) is 8.38. The third-order valence-electron chi connectivity index (χ3n) is 5.13. The molecule has 1 saturated carbocycles. The summed E-state index contributed by atoms with van der Waals surface area (Å²) >= 11 is 0. The second kappa shape index (κ2) is 9.80. The first-order chi connectivity index (χ1) is 11.6. The number of nitrogens with zero attached hydrogens (tertiary/aromatic N) is 1. The van der Waals surface area contributed by atoms with Crippen LogP contribution in [0.1, 0.15) is 63.0 Å². The van der Waals surface area contributed by atoms with Crippen LogP contribution in [-0.4, -0.2) is 29.9 Å². The van der Waals surface area contributed by atoms with Crippen molar-refractivity contribution in [3.05, 3.63) is 35.4 Å². The van der Waals surface area contributed by atoms with Crippen molar-refractivity contribution >= 4 is 5.91 Å². The zero-order valence-electron chi connectivity index (χ0n) is 15.3. The molecule has 1 aromatic rings. The van der Waals surface area contributed by atoms with Crippen LogP contribution < -0.4 is 11.1 Å². The first-order valence-corrected chi connectivity index (χ1v) is 9.42. The highest BCUT2D eigenvalue weighted by molar-refractivity contribution is 5.81. The fraction of sp³-hybridized carbons (Fsp3) is 0.650. The summed E-state index contributed by atoms with van der Waals surface area (Å²) in [6.07, 6.45) is 8.35. The summed E-state index contributed by atoms with van der Waals surface area (Å²) in [4.78, 5) is 14.5. The van der Waals surface area contributed by atoms with Crippen LogP contribution in [0.2, 0.25) is 0 Å². The van der Waals surface area contributed by atoms with Gasteiger partial charge in [0.2, 0.25) is 5.91 Å². The van der Waals surface area contributed by atoms with Gasteiger partial charge >= 0.3 is 0 Å². The molecular formula is C20H33N3O. The van der Waals surface area contributed by atoms with Gasteiger partial charge in [-0.2, -0.15) is 0 Å². The van der Waals surface area contributed by atoms with Crippen molar-refractivity contribution < 1.29 is 4.79 Å². The number of hydrogen-bond donors (Lipinski definition) is 2. The fourth-order valence-electron chi connectivity index (χ4n) is 3.56. The average Bonchev–Trinajstić information content (AvgIpc) is 2.61. The molecular weight excluding hydrogens is 298 g/mol. The van der Waals surface area contributed by atoms with Crippen LogP contribution in [0.25, 0.3) is 0 Å². The number of hydrogen-bond acceptors (Lipinski definition) is 3. The average molecular weight is 332 g/mol. The molecule has 1 aliphatic rings. The molecule has 0 radical (unpaired) electrons. The van der Waals surface area contributed by atoms with E-state index in [1.54, 1.807) is 0 Å². The van der Waals surface area contributed by atoms with E-state index in [-0.39, 0.29) is 5.91 Å². The van der Waals surface area contributed by atoms with E-state index < -0.39 is 6.04 Å². The molecule has 1 atom stereocenters. The molecule has 1 aliphatic carbocycles. The lowest BCUT2D eigenvalue weighted by atomic mass is 9.94. The molecule has 4 heteroatoms. The van der Waals surface area contributed by atoms with Crippen LogP contribution in [0.5, 0.6) is 0 Å². The van der Waals surface area contributed by atoms with Gasteiger partial charge in [-0.3, -0.25) is 9.69 Å². The van der Waals surface area contributed by atoms with Gasteiger partial charge in [-0.25, -0.2) is 0 Å². The molecule has 4 nitrogen and oxygen atoms in total. The molecule has 134 valence electrons. The summed E-state index contributed by atoms with van der Waals surface area (Å²) < 4.78 is 0. The van der Waals surface area contributed by atoms with Crippen molar-refractivity contribution in [3.8, 4) is 0 Å². The predicted octanol–water partition coefficient (Wildman–Crippen LogP) is 3.19. The van der Waals surface area contributed by atoms with Crippen molar-refractivity contribution in [3.63, 3.8) is 0 Å². The summed E-state index contributed by atoms with van der Waals surface area (Å²) in [5, 5.41) is 2.99. The maximum absolute atomic E-state index is 12.0. The van der Waals surface area contributed by atoms with Gasteiger partial charge in [-0.1, -0.05) is 56.9 Å². The smallest absolute Gasteiger partial charge is 0.237 e. The Kier molecular flexibility index (Phi) is 7.73. The maximum Gasteiger partial charge on any atom is 0.237 e. The van der Waals surface area contributed by atoms with Gasteiger partial charge in [0.1, 0.15) is 0 Å². The molecule has 1 aromatic carbocycles. The van der Waals surface area contributed by atoms with Crippen LogP contribution in [0.15, 0.2) is 24.3 Å². The van der Waals surface area contributed by atoms with Crippen LogP contribution in [0.4, 0.5) is 0 Å². The van der Waals surface area contributed by atoms with Crippen molar-refractivity contribution in [2.24, 2.45) is 5.73 Å². The number of carbonyl (C=O) groups is 1. The minimum atomic E-state index is -0.396. The number of amides is 1. The fourth-order valence-corrected chi connectivity index (χ4v) is 3.56. The number of nitrogens with one attached hydrogen (secondary N) is 1. The van der Waals surface area contributed by atoms with E-state index in [1.807, 2.05) is 13.0 Å². The van der Waals surface area contributed by atoms with E-state index in [1.165, 1.54) is 43.2 Å². The zero-order valence-corrected chi connectivity index (χ0v) is 15.3. The maximum atomic E-state index is 12.0. The van der Waals surface area contributed by atoms with Crippen LogP contribution in [0.3, 0.4) is 0 Å². The highest BCUT2D eigenvalue weighted by atomic mass is 16.2. The van der Waals surface area contributed by atoms with Crippen molar-refractivity contribution in [2.45, 2.75) is 77.0 Å². The zero-order chi connectivity index (χ0) is 17.4. The first-order valence-electron chi connectivity index (χ1n) is 9.42. The van der Waals surface area contributed by atoms with E-state index in [4.69, 9.17) is 5.73 Å². The topological polar surface area (TPSA) is 58.4 Å². The minimum absolute atomic E-state index is 0.0488. The number of nitrogens with two attached hydrogens (primary N) is 1. The number of carbonyl (C=O) groups excluding carboxylic acids is 1. The molecule has 2 rings (SSSR count). The summed E-state index contributed by atoms with van der Waals surface area (Å²) in [7, 11) is 2.22. The predicted molar refractivity (Wildman–Crippen MR) is 99.5 cm³/mol. The summed E-state index contributed by atoms with van der Waals surface area (Å²) in [6.45, 7) is 3.55. The Morgan fingerprint density at radius 2 is 1.92 bits per heavy atom. The second-order valence-electron chi connectivity index (χ2n) is 7.09. The molecule has 0 heterocycles. The second-order valence-corrected chi connectivity index (χ2v) is 7.09. The van der Waals surface area contributed by atoms with Crippen molar-refractivity contribution in [1.29, 1.82) is 0 Å². The lowest BCUT2D eigenvalue weighted by Gasteiger charge is -2.31. The Morgan fingerprint density at radius 1 is 1.25 bits per heavy atom. The Bertz CT molecular complexity index is 511. The van der Waals surface area contributed by atoms with Gasteiger partial charge in [0, 0.05) is 19.1 Å². The van der Waals surface area contributed by atoms with Crippen molar-refractivity contribution in [1.82, 2.24) is 10.2 Å². The normalized spacial score (nSPS) is 17.0. The molecule has 0 spiro atoms. The molecule has 0 aliphatic heterocycles. The highest BCUT2D eigenvalue weighted by Gasteiger charge is 2.19. The van der Waals surface area contributed by atoms with Gasteiger partial charge in [-0.05, 0) is 37.4 Å². The molecule has 24 heavy (non-hydrogen) atoms. The van der Waals surface area contributed by atoms with Crippen LogP contribution in [0, 0.1) is 0 Å². The van der Waals surface area contributed by atoms with E-state index in [0.717, 1.165) is 19.4 Å². The largest absolute Gasteiger partial charge is 0.351 e. The Morgan fingerprint density at radius 3 is 2.58 bits per heavy atom. The van der Waals surface area contributed by atoms with E-state index in [9.17, 15) is 4.79 Å². The lowest BCUT2D eigenvalue weighted by molar-refractivity contribution is -0.122. The third-order valence-corrected chi connectivity index (χ3v) is 5.13. The Balaban J connectivity index is 1.93. The van der Waals surface area contributed by atoms with E-state index in [0.29, 0.717) is 12.6 Å². The number of benzene rings is 1. The van der Waals surface area contributed by atoms with Crippen LogP contribution >= 0.6 is 0 Å². The van der Waals surface area contributed by atoms with Gasteiger partial charge in [0.25, 0.3) is 0 Å².